The molecule has 2 heterocycles. The maximum Gasteiger partial charge on any atom is 0.231 e. The zero-order valence-corrected chi connectivity index (χ0v) is 13.0. The van der Waals surface area contributed by atoms with Gasteiger partial charge < -0.3 is 10.6 Å². The molecule has 1 aromatic heterocycles. The molecule has 1 aromatic rings. The first-order valence-corrected chi connectivity index (χ1v) is 7.19. The number of rotatable bonds is 4. The van der Waals surface area contributed by atoms with Gasteiger partial charge in [-0.1, -0.05) is 17.7 Å². The van der Waals surface area contributed by atoms with E-state index >= 15 is 0 Å². The van der Waals surface area contributed by atoms with Gasteiger partial charge in [-0.2, -0.15) is 0 Å². The third kappa shape index (κ3) is 4.06. The molecule has 5 heteroatoms. The summed E-state index contributed by atoms with van der Waals surface area (Å²) in [5.74, 6) is 0.101. The predicted octanol–water partition coefficient (Wildman–Crippen LogP) is 2.48. The monoisotopic (exact) mass is 300 g/mol. The quantitative estimate of drug-likeness (QED) is 0.839. The van der Waals surface area contributed by atoms with Gasteiger partial charge in [0.05, 0.1) is 5.41 Å². The first kappa shape index (κ1) is 16.2. The highest BCUT2D eigenvalue weighted by molar-refractivity contribution is 7.10. The number of nitrogens with one attached hydrogen (secondary N) is 2. The molecule has 0 unspecified atom stereocenters. The highest BCUT2D eigenvalue weighted by Gasteiger charge is 2.30. The standard InChI is InChI=1S/C14H20N2OS.ClH/c1-14(2,12-4-3-9-18-12)13(17)16-10-11-5-7-15-8-6-11;/h3-5,9,15H,6-8,10H2,1-2H3,(H,16,17);1H. The highest BCUT2D eigenvalue weighted by atomic mass is 35.5. The Morgan fingerprint density at radius 3 is 2.89 bits per heavy atom. The Morgan fingerprint density at radius 2 is 2.32 bits per heavy atom. The van der Waals surface area contributed by atoms with Crippen LogP contribution in [0.1, 0.15) is 25.1 Å². The fourth-order valence-electron chi connectivity index (χ4n) is 1.99. The Morgan fingerprint density at radius 1 is 1.53 bits per heavy atom. The van der Waals surface area contributed by atoms with Crippen LogP contribution < -0.4 is 10.6 Å². The highest BCUT2D eigenvalue weighted by Crippen LogP contribution is 2.27. The number of amides is 1. The van der Waals surface area contributed by atoms with E-state index in [-0.39, 0.29) is 18.3 Å². The summed E-state index contributed by atoms with van der Waals surface area (Å²) in [5, 5.41) is 8.33. The van der Waals surface area contributed by atoms with Crippen LogP contribution in [0.2, 0.25) is 0 Å². The lowest BCUT2D eigenvalue weighted by atomic mass is 9.90. The molecule has 2 rings (SSSR count). The van der Waals surface area contributed by atoms with Crippen LogP contribution in [-0.2, 0) is 10.2 Å². The molecule has 2 N–H and O–H groups in total. The SMILES string of the molecule is CC(C)(C(=O)NCC1=CCNCC1)c1cccs1.Cl. The van der Waals surface area contributed by atoms with E-state index in [0.717, 1.165) is 24.4 Å². The topological polar surface area (TPSA) is 41.1 Å². The molecule has 1 amide bonds. The second-order valence-electron chi connectivity index (χ2n) is 5.10. The second-order valence-corrected chi connectivity index (χ2v) is 6.05. The van der Waals surface area contributed by atoms with Crippen molar-refractivity contribution < 1.29 is 4.79 Å². The minimum Gasteiger partial charge on any atom is -0.352 e. The lowest BCUT2D eigenvalue weighted by Gasteiger charge is -2.23. The van der Waals surface area contributed by atoms with Gasteiger partial charge >= 0.3 is 0 Å². The molecule has 19 heavy (non-hydrogen) atoms. The molecule has 0 aromatic carbocycles. The van der Waals surface area contributed by atoms with Gasteiger partial charge in [-0.25, -0.2) is 0 Å². The van der Waals surface area contributed by atoms with Crippen LogP contribution in [0.15, 0.2) is 29.2 Å². The lowest BCUT2D eigenvalue weighted by Crippen LogP contribution is -2.41. The summed E-state index contributed by atoms with van der Waals surface area (Å²) in [6, 6.07) is 4.01. The van der Waals surface area contributed by atoms with Crippen LogP contribution in [0.25, 0.3) is 0 Å². The van der Waals surface area contributed by atoms with E-state index in [1.807, 2.05) is 31.4 Å². The van der Waals surface area contributed by atoms with Gasteiger partial charge in [-0.3, -0.25) is 4.79 Å². The number of carbonyl (C=O) groups is 1. The molecule has 106 valence electrons. The molecule has 0 bridgehead atoms. The maximum absolute atomic E-state index is 12.3. The summed E-state index contributed by atoms with van der Waals surface area (Å²) in [7, 11) is 0. The number of hydrogen-bond donors (Lipinski definition) is 2. The Labute approximate surface area is 124 Å². The van der Waals surface area contributed by atoms with E-state index in [1.54, 1.807) is 11.3 Å². The van der Waals surface area contributed by atoms with Gasteiger partial charge in [0.1, 0.15) is 0 Å². The maximum atomic E-state index is 12.3. The molecule has 3 nitrogen and oxygen atoms in total. The Bertz CT molecular complexity index is 440. The summed E-state index contributed by atoms with van der Waals surface area (Å²) < 4.78 is 0. The van der Waals surface area contributed by atoms with E-state index in [9.17, 15) is 4.79 Å². The van der Waals surface area contributed by atoms with Crippen molar-refractivity contribution in [1.82, 2.24) is 10.6 Å². The smallest absolute Gasteiger partial charge is 0.231 e. The largest absolute Gasteiger partial charge is 0.352 e. The van der Waals surface area contributed by atoms with Gasteiger partial charge in [0.25, 0.3) is 0 Å². The minimum absolute atomic E-state index is 0. The van der Waals surface area contributed by atoms with Gasteiger partial charge in [-0.15, -0.1) is 23.7 Å². The van der Waals surface area contributed by atoms with Crippen LogP contribution in [-0.4, -0.2) is 25.5 Å². The van der Waals surface area contributed by atoms with Crippen molar-refractivity contribution in [3.63, 3.8) is 0 Å². The van der Waals surface area contributed by atoms with E-state index in [2.05, 4.69) is 16.7 Å². The molecule has 0 saturated heterocycles. The Kier molecular flexibility index (Phi) is 6.04. The summed E-state index contributed by atoms with van der Waals surface area (Å²) in [6.45, 7) is 6.56. The first-order valence-electron chi connectivity index (χ1n) is 6.31. The first-order chi connectivity index (χ1) is 8.60. The van der Waals surface area contributed by atoms with Crippen LogP contribution in [0.4, 0.5) is 0 Å². The molecule has 0 radical (unpaired) electrons. The Balaban J connectivity index is 0.00000180. The Hall–Kier alpha value is -0.840. The summed E-state index contributed by atoms with van der Waals surface area (Å²) in [6.07, 6.45) is 3.20. The molecular formula is C14H21ClN2OS. The van der Waals surface area contributed by atoms with E-state index in [4.69, 9.17) is 0 Å². The number of carbonyl (C=O) groups excluding carboxylic acids is 1. The minimum atomic E-state index is -0.443. The average Bonchev–Trinajstić information content (AvgIpc) is 2.91. The van der Waals surface area contributed by atoms with Crippen LogP contribution in [0, 0.1) is 0 Å². The van der Waals surface area contributed by atoms with Crippen LogP contribution in [0.3, 0.4) is 0 Å². The third-order valence-electron chi connectivity index (χ3n) is 3.34. The summed E-state index contributed by atoms with van der Waals surface area (Å²) in [4.78, 5) is 13.4. The molecule has 0 saturated carbocycles. The van der Waals surface area contributed by atoms with E-state index in [0.29, 0.717) is 6.54 Å². The fourth-order valence-corrected chi connectivity index (χ4v) is 2.84. The molecule has 0 fully saturated rings. The molecule has 0 atom stereocenters. The average molecular weight is 301 g/mol. The van der Waals surface area contributed by atoms with Crippen molar-refractivity contribution in [2.24, 2.45) is 0 Å². The fraction of sp³-hybridized carbons (Fsp3) is 0.500. The van der Waals surface area contributed by atoms with Crippen LogP contribution >= 0.6 is 23.7 Å². The van der Waals surface area contributed by atoms with Gasteiger partial charge in [0.2, 0.25) is 5.91 Å². The van der Waals surface area contributed by atoms with Crippen molar-refractivity contribution in [2.45, 2.75) is 25.7 Å². The lowest BCUT2D eigenvalue weighted by molar-refractivity contribution is -0.125. The molecule has 0 aliphatic carbocycles. The van der Waals surface area contributed by atoms with E-state index < -0.39 is 5.41 Å². The van der Waals surface area contributed by atoms with Crippen LogP contribution in [0.5, 0.6) is 0 Å². The van der Waals surface area contributed by atoms with Gasteiger partial charge in [0.15, 0.2) is 0 Å². The molecule has 1 aliphatic rings. The molecule has 1 aliphatic heterocycles. The van der Waals surface area contributed by atoms with Gasteiger partial charge in [-0.05, 0) is 38.3 Å². The zero-order valence-electron chi connectivity index (χ0n) is 11.4. The third-order valence-corrected chi connectivity index (χ3v) is 4.53. The number of halogens is 1. The van der Waals surface area contributed by atoms with Crippen molar-refractivity contribution in [2.75, 3.05) is 19.6 Å². The molecule has 0 spiro atoms. The normalized spacial score (nSPS) is 15.4. The summed E-state index contributed by atoms with van der Waals surface area (Å²) >= 11 is 1.63. The summed E-state index contributed by atoms with van der Waals surface area (Å²) in [5.41, 5.74) is 0.880. The van der Waals surface area contributed by atoms with Crippen molar-refractivity contribution in [1.29, 1.82) is 0 Å². The van der Waals surface area contributed by atoms with Crippen molar-refractivity contribution in [3.8, 4) is 0 Å². The number of hydrogen-bond acceptors (Lipinski definition) is 3. The van der Waals surface area contributed by atoms with E-state index in [1.165, 1.54) is 5.57 Å². The number of thiophene rings is 1. The van der Waals surface area contributed by atoms with Crippen molar-refractivity contribution >= 4 is 29.7 Å². The molecular weight excluding hydrogens is 280 g/mol. The predicted molar refractivity (Wildman–Crippen MR) is 83.2 cm³/mol. The van der Waals surface area contributed by atoms with Crippen molar-refractivity contribution in [3.05, 3.63) is 34.0 Å². The second kappa shape index (κ2) is 7.08. The zero-order chi connectivity index (χ0) is 13.0. The van der Waals surface area contributed by atoms with Gasteiger partial charge in [0, 0.05) is 18.0 Å².